The Hall–Kier alpha value is -0.400. The van der Waals surface area contributed by atoms with Gasteiger partial charge < -0.3 is 5.11 Å². The van der Waals surface area contributed by atoms with Crippen LogP contribution in [0.4, 0.5) is 0 Å². The van der Waals surface area contributed by atoms with E-state index in [0.717, 1.165) is 12.8 Å². The summed E-state index contributed by atoms with van der Waals surface area (Å²) in [5.74, 6) is -1.09. The van der Waals surface area contributed by atoms with Crippen LogP contribution < -0.4 is 29.6 Å². The molecule has 0 spiro atoms. The van der Waals surface area contributed by atoms with Crippen molar-refractivity contribution in [2.45, 2.75) is 69.6 Å². The SMILES string of the molecule is CCCCCCCCCCCOS(=O)(=O)c1ccc(C(=O)O)cc1.[Na+]. The summed E-state index contributed by atoms with van der Waals surface area (Å²) in [5.41, 5.74) is 0.0490. The fourth-order valence-electron chi connectivity index (χ4n) is 2.41. The molecule has 0 aliphatic heterocycles. The second-order valence-corrected chi connectivity index (χ2v) is 7.55. The third kappa shape index (κ3) is 10.4. The van der Waals surface area contributed by atoms with E-state index in [0.29, 0.717) is 6.42 Å². The molecule has 0 aliphatic carbocycles. The Kier molecular flexibility index (Phi) is 13.5. The zero-order valence-corrected chi connectivity index (χ0v) is 18.2. The van der Waals surface area contributed by atoms with E-state index in [-0.39, 0.29) is 46.6 Å². The minimum absolute atomic E-state index is 0. The molecule has 1 aromatic carbocycles. The van der Waals surface area contributed by atoms with Gasteiger partial charge in [-0.3, -0.25) is 4.18 Å². The van der Waals surface area contributed by atoms with Gasteiger partial charge in [0.25, 0.3) is 10.1 Å². The van der Waals surface area contributed by atoms with Gasteiger partial charge in [0, 0.05) is 0 Å². The third-order valence-electron chi connectivity index (χ3n) is 3.88. The molecule has 0 amide bonds. The zero-order chi connectivity index (χ0) is 17.8. The van der Waals surface area contributed by atoms with Gasteiger partial charge in [-0.05, 0) is 30.7 Å². The molecule has 0 radical (unpaired) electrons. The number of benzene rings is 1. The van der Waals surface area contributed by atoms with Gasteiger partial charge in [0.1, 0.15) is 0 Å². The Labute approximate surface area is 173 Å². The second-order valence-electron chi connectivity index (χ2n) is 5.93. The minimum Gasteiger partial charge on any atom is -0.478 e. The molecule has 0 bridgehead atoms. The summed E-state index contributed by atoms with van der Waals surface area (Å²) in [5, 5.41) is 8.80. The minimum atomic E-state index is -3.80. The monoisotopic (exact) mass is 379 g/mol. The van der Waals surface area contributed by atoms with E-state index in [1.54, 1.807) is 0 Å². The Morgan fingerprint density at radius 1 is 0.920 bits per heavy atom. The van der Waals surface area contributed by atoms with Gasteiger partial charge in [0.15, 0.2) is 0 Å². The quantitative estimate of drug-likeness (QED) is 0.320. The first-order chi connectivity index (χ1) is 11.5. The van der Waals surface area contributed by atoms with Crippen LogP contribution in [0, 0.1) is 0 Å². The average Bonchev–Trinajstić information content (AvgIpc) is 2.56. The van der Waals surface area contributed by atoms with Gasteiger partial charge in [-0.15, -0.1) is 0 Å². The number of hydrogen-bond donors (Lipinski definition) is 1. The first-order valence-corrected chi connectivity index (χ1v) is 10.1. The second kappa shape index (κ2) is 13.8. The largest absolute Gasteiger partial charge is 1.00 e. The first-order valence-electron chi connectivity index (χ1n) is 8.70. The van der Waals surface area contributed by atoms with Crippen molar-refractivity contribution in [1.29, 1.82) is 0 Å². The van der Waals surface area contributed by atoms with E-state index in [4.69, 9.17) is 9.29 Å². The molecule has 0 unspecified atom stereocenters. The normalized spacial score (nSPS) is 11.1. The van der Waals surface area contributed by atoms with E-state index in [9.17, 15) is 13.2 Å². The first kappa shape index (κ1) is 24.6. The molecule has 0 fully saturated rings. The topological polar surface area (TPSA) is 80.7 Å². The number of rotatable bonds is 13. The fourth-order valence-corrected chi connectivity index (χ4v) is 3.36. The Bertz CT molecular complexity index is 584. The van der Waals surface area contributed by atoms with Gasteiger partial charge >= 0.3 is 35.5 Å². The molecule has 7 heteroatoms. The van der Waals surface area contributed by atoms with Crippen molar-refractivity contribution in [3.8, 4) is 0 Å². The van der Waals surface area contributed by atoms with Crippen molar-refractivity contribution in [3.63, 3.8) is 0 Å². The van der Waals surface area contributed by atoms with Gasteiger partial charge in [-0.25, -0.2) is 4.79 Å². The molecule has 0 saturated carbocycles. The van der Waals surface area contributed by atoms with Crippen LogP contribution in [0.3, 0.4) is 0 Å². The van der Waals surface area contributed by atoms with Crippen LogP contribution in [0.1, 0.15) is 75.1 Å². The van der Waals surface area contributed by atoms with E-state index < -0.39 is 16.1 Å². The molecule has 0 heterocycles. The predicted octanol–water partition coefficient (Wildman–Crippen LogP) is 1.62. The zero-order valence-electron chi connectivity index (χ0n) is 15.4. The molecule has 1 N–H and O–H groups in total. The molecular weight excluding hydrogens is 351 g/mol. The molecule has 0 saturated heterocycles. The van der Waals surface area contributed by atoms with Crippen molar-refractivity contribution in [3.05, 3.63) is 29.8 Å². The summed E-state index contributed by atoms with van der Waals surface area (Å²) in [6, 6.07) is 5.04. The van der Waals surface area contributed by atoms with Crippen LogP contribution >= 0.6 is 0 Å². The smallest absolute Gasteiger partial charge is 0.478 e. The molecule has 5 nitrogen and oxygen atoms in total. The molecule has 0 aromatic heterocycles. The molecule has 136 valence electrons. The third-order valence-corrected chi connectivity index (χ3v) is 5.20. The van der Waals surface area contributed by atoms with Crippen LogP contribution in [0.5, 0.6) is 0 Å². The molecule has 25 heavy (non-hydrogen) atoms. The van der Waals surface area contributed by atoms with E-state index in [1.807, 2.05) is 0 Å². The maximum atomic E-state index is 12.0. The number of unbranched alkanes of at least 4 members (excludes halogenated alkanes) is 8. The van der Waals surface area contributed by atoms with Crippen molar-refractivity contribution in [2.24, 2.45) is 0 Å². The summed E-state index contributed by atoms with van der Waals surface area (Å²) < 4.78 is 29.0. The van der Waals surface area contributed by atoms with Crippen molar-refractivity contribution >= 4 is 16.1 Å². The summed E-state index contributed by atoms with van der Waals surface area (Å²) in [6.45, 7) is 2.37. The predicted molar refractivity (Wildman–Crippen MR) is 93.8 cm³/mol. The van der Waals surface area contributed by atoms with Gasteiger partial charge in [-0.1, -0.05) is 58.3 Å². The van der Waals surface area contributed by atoms with Gasteiger partial charge in [-0.2, -0.15) is 8.42 Å². The van der Waals surface area contributed by atoms with Gasteiger partial charge in [0.2, 0.25) is 0 Å². The molecule has 0 atom stereocenters. The maximum absolute atomic E-state index is 12.0. The number of carboxylic acids is 1. The molecule has 1 rings (SSSR count). The number of aromatic carboxylic acids is 1. The standard InChI is InChI=1S/C18H28O5S.Na/c1-2-3-4-5-6-7-8-9-10-15-23-24(21,22)17-13-11-16(12-14-17)18(19)20;/h11-14H,2-10,15H2,1H3,(H,19,20);/q;+1. The fraction of sp³-hybridized carbons (Fsp3) is 0.611. The summed E-state index contributed by atoms with van der Waals surface area (Å²) in [6.07, 6.45) is 10.3. The van der Waals surface area contributed by atoms with Gasteiger partial charge in [0.05, 0.1) is 17.1 Å². The number of carbonyl (C=O) groups is 1. The summed E-state index contributed by atoms with van der Waals surface area (Å²) in [7, 11) is -3.80. The number of carboxylic acid groups (broad SMARTS) is 1. The molecule has 0 aliphatic rings. The molecule has 1 aromatic rings. The Balaban J connectivity index is 0.00000576. The van der Waals surface area contributed by atoms with E-state index in [2.05, 4.69) is 6.92 Å². The van der Waals surface area contributed by atoms with Crippen LogP contribution in [0.15, 0.2) is 29.2 Å². The van der Waals surface area contributed by atoms with E-state index >= 15 is 0 Å². The van der Waals surface area contributed by atoms with Crippen LogP contribution in [-0.4, -0.2) is 26.1 Å². The summed E-state index contributed by atoms with van der Waals surface area (Å²) in [4.78, 5) is 10.7. The Morgan fingerprint density at radius 2 is 1.40 bits per heavy atom. The molecular formula is C18H28NaO5S+. The Morgan fingerprint density at radius 3 is 1.88 bits per heavy atom. The van der Waals surface area contributed by atoms with Crippen molar-refractivity contribution in [2.75, 3.05) is 6.61 Å². The van der Waals surface area contributed by atoms with Crippen molar-refractivity contribution < 1.29 is 52.1 Å². The van der Waals surface area contributed by atoms with Crippen LogP contribution in [-0.2, 0) is 14.3 Å². The van der Waals surface area contributed by atoms with Crippen molar-refractivity contribution in [1.82, 2.24) is 0 Å². The summed E-state index contributed by atoms with van der Waals surface area (Å²) >= 11 is 0. The van der Waals surface area contributed by atoms with E-state index in [1.165, 1.54) is 62.8 Å². The van der Waals surface area contributed by atoms with Crippen LogP contribution in [0.25, 0.3) is 0 Å². The van der Waals surface area contributed by atoms with Crippen LogP contribution in [0.2, 0.25) is 0 Å². The average molecular weight is 379 g/mol. The maximum Gasteiger partial charge on any atom is 1.00 e. The number of hydrogen-bond acceptors (Lipinski definition) is 4.